The second-order valence-corrected chi connectivity index (χ2v) is 12.3. The van der Waals surface area contributed by atoms with Gasteiger partial charge < -0.3 is 9.80 Å². The summed E-state index contributed by atoms with van der Waals surface area (Å²) in [5.74, 6) is -4.00. The number of benzene rings is 1. The van der Waals surface area contributed by atoms with Crippen LogP contribution in [0.3, 0.4) is 0 Å². The second-order valence-electron chi connectivity index (χ2n) is 10.1. The first-order valence-corrected chi connectivity index (χ1v) is 14.3. The van der Waals surface area contributed by atoms with Crippen molar-refractivity contribution in [2.45, 2.75) is 45.3 Å². The van der Waals surface area contributed by atoms with E-state index in [9.17, 15) is 27.8 Å². The molecule has 2 heterocycles. The minimum Gasteiger partial charge on any atom is -0.337 e. The lowest BCUT2D eigenvalue weighted by molar-refractivity contribution is -0.152. The van der Waals surface area contributed by atoms with Crippen molar-refractivity contribution in [3.05, 3.63) is 46.4 Å². The zero-order chi connectivity index (χ0) is 27.7. The van der Waals surface area contributed by atoms with Crippen LogP contribution in [-0.2, 0) is 36.7 Å². The van der Waals surface area contributed by atoms with Gasteiger partial charge in [-0.3, -0.25) is 24.1 Å². The van der Waals surface area contributed by atoms with Crippen molar-refractivity contribution in [1.82, 2.24) is 19.0 Å². The molecule has 1 saturated carbocycles. The Morgan fingerprint density at radius 2 is 1.84 bits per heavy atom. The van der Waals surface area contributed by atoms with Gasteiger partial charge in [0.2, 0.25) is 11.7 Å². The largest absolute Gasteiger partial charge is 0.337 e. The van der Waals surface area contributed by atoms with Gasteiger partial charge in [0.25, 0.3) is 11.8 Å². The van der Waals surface area contributed by atoms with E-state index in [1.165, 1.54) is 34.9 Å². The fourth-order valence-corrected chi connectivity index (χ4v) is 5.82. The van der Waals surface area contributed by atoms with Gasteiger partial charge in [-0.1, -0.05) is 23.7 Å². The zero-order valence-corrected chi connectivity index (χ0v) is 23.3. The maximum atomic E-state index is 13.6. The van der Waals surface area contributed by atoms with Crippen LogP contribution in [0.5, 0.6) is 0 Å². The van der Waals surface area contributed by atoms with Crippen LogP contribution < -0.4 is 0 Å². The number of amides is 3. The summed E-state index contributed by atoms with van der Waals surface area (Å²) in [7, 11) is 2.25. The van der Waals surface area contributed by atoms with Gasteiger partial charge in [-0.15, -0.1) is 0 Å². The van der Waals surface area contributed by atoms with Gasteiger partial charge in [0.05, 0.1) is 16.0 Å². The van der Waals surface area contributed by atoms with E-state index in [2.05, 4.69) is 0 Å². The number of rotatable bonds is 8. The Balaban J connectivity index is 1.60. The van der Waals surface area contributed by atoms with Crippen molar-refractivity contribution in [2.24, 2.45) is 11.8 Å². The van der Waals surface area contributed by atoms with Gasteiger partial charge >= 0.3 is 0 Å². The van der Waals surface area contributed by atoms with Crippen molar-refractivity contribution >= 4 is 46.1 Å². The Kier molecular flexibility index (Phi) is 8.68. The van der Waals surface area contributed by atoms with Crippen LogP contribution in [0.15, 0.2) is 30.0 Å². The molecule has 9 nitrogen and oxygen atoms in total. The van der Waals surface area contributed by atoms with E-state index >= 15 is 0 Å². The van der Waals surface area contributed by atoms with Crippen molar-refractivity contribution in [2.75, 3.05) is 32.9 Å². The molecule has 3 aliphatic rings. The van der Waals surface area contributed by atoms with Crippen LogP contribution in [0, 0.1) is 17.7 Å². The Morgan fingerprint density at radius 1 is 1.13 bits per heavy atom. The van der Waals surface area contributed by atoms with Crippen LogP contribution in [-0.4, -0.2) is 85.8 Å². The standard InChI is InChI=1S/C26H32ClFN4O5S/c1-16-22(33)26(36)32-21(6-4-11-30(24(16)34)15-17-7-10-20(28)19(27)14-17)25(35)31(23(32)18-8-9-18)12-5-13-38(37)29(2)3/h6-7,10,14,16,18,23H,4-5,8-9,11-13,15H2,1-3H3. The highest BCUT2D eigenvalue weighted by Crippen LogP contribution is 2.43. The van der Waals surface area contributed by atoms with Gasteiger partial charge in [-0.05, 0) is 70.3 Å². The van der Waals surface area contributed by atoms with Crippen molar-refractivity contribution in [3.63, 3.8) is 0 Å². The monoisotopic (exact) mass is 566 g/mol. The fourth-order valence-electron chi connectivity index (χ4n) is 4.87. The maximum Gasteiger partial charge on any atom is 0.297 e. The predicted molar refractivity (Wildman–Crippen MR) is 140 cm³/mol. The maximum absolute atomic E-state index is 13.6. The van der Waals surface area contributed by atoms with Gasteiger partial charge in [0, 0.05) is 25.4 Å². The predicted octanol–water partition coefficient (Wildman–Crippen LogP) is 2.32. The summed E-state index contributed by atoms with van der Waals surface area (Å²) in [6.45, 7) is 1.98. The molecular weight excluding hydrogens is 535 g/mol. The van der Waals surface area contributed by atoms with E-state index in [0.717, 1.165) is 12.8 Å². The van der Waals surface area contributed by atoms with E-state index < -0.39 is 46.5 Å². The minimum absolute atomic E-state index is 0.0506. The highest BCUT2D eigenvalue weighted by Gasteiger charge is 2.53. The van der Waals surface area contributed by atoms with E-state index in [4.69, 9.17) is 11.6 Å². The first-order valence-electron chi connectivity index (χ1n) is 12.7. The van der Waals surface area contributed by atoms with Crippen LogP contribution in [0.25, 0.3) is 0 Å². The third-order valence-electron chi connectivity index (χ3n) is 7.09. The first kappa shape index (κ1) is 28.4. The molecular formula is C26H32ClFN4O5S. The lowest BCUT2D eigenvalue weighted by atomic mass is 10.0. The summed E-state index contributed by atoms with van der Waals surface area (Å²) in [5, 5.41) is -0.0785. The SMILES string of the molecule is CC1C(=O)C(=O)N2C(=CCCN(Cc3ccc(F)c(Cl)c3)C1=O)C(=O)N(CCCS(=O)N(C)C)C2C1CC1. The average molecular weight is 567 g/mol. The highest BCUT2D eigenvalue weighted by molar-refractivity contribution is 7.82. The fraction of sp³-hybridized carbons (Fsp3) is 0.538. The highest BCUT2D eigenvalue weighted by atomic mass is 35.5. The summed E-state index contributed by atoms with van der Waals surface area (Å²) >= 11 is 5.89. The summed E-state index contributed by atoms with van der Waals surface area (Å²) < 4.78 is 27.4. The number of hydrogen-bond acceptors (Lipinski definition) is 5. The van der Waals surface area contributed by atoms with E-state index in [1.807, 2.05) is 0 Å². The number of carbonyl (C=O) groups is 4. The molecule has 1 aromatic rings. The Labute approximate surface area is 229 Å². The number of hydrogen-bond donors (Lipinski definition) is 0. The number of fused-ring (bicyclic) bond motifs is 1. The van der Waals surface area contributed by atoms with Gasteiger partial charge in [-0.2, -0.15) is 0 Å². The van der Waals surface area contributed by atoms with E-state index in [0.29, 0.717) is 24.3 Å². The lowest BCUT2D eigenvalue weighted by Crippen LogP contribution is -2.50. The molecule has 206 valence electrons. The molecule has 1 saturated heterocycles. The molecule has 1 aliphatic carbocycles. The second kappa shape index (κ2) is 11.6. The average Bonchev–Trinajstić information content (AvgIpc) is 3.68. The number of ketones is 1. The molecule has 0 spiro atoms. The topological polar surface area (TPSA) is 98.3 Å². The summed E-state index contributed by atoms with van der Waals surface area (Å²) in [5.41, 5.74) is 0.731. The van der Waals surface area contributed by atoms with Crippen LogP contribution in [0.2, 0.25) is 5.02 Å². The Bertz CT molecular complexity index is 1200. The molecule has 0 bridgehead atoms. The number of nitrogens with zero attached hydrogens (tertiary/aromatic N) is 4. The van der Waals surface area contributed by atoms with Crippen LogP contribution in [0.1, 0.15) is 38.2 Å². The Morgan fingerprint density at radius 3 is 2.47 bits per heavy atom. The van der Waals surface area contributed by atoms with E-state index in [-0.39, 0.29) is 42.1 Å². The molecule has 3 atom stereocenters. The minimum atomic E-state index is -1.25. The molecule has 1 aromatic carbocycles. The zero-order valence-electron chi connectivity index (χ0n) is 21.7. The van der Waals surface area contributed by atoms with Crippen LogP contribution in [0.4, 0.5) is 4.39 Å². The lowest BCUT2D eigenvalue weighted by Gasteiger charge is -2.31. The number of Topliss-reactive ketones (excluding diaryl/α,β-unsaturated/α-hetero) is 1. The third-order valence-corrected chi connectivity index (χ3v) is 8.83. The van der Waals surface area contributed by atoms with Crippen molar-refractivity contribution in [1.29, 1.82) is 0 Å². The van der Waals surface area contributed by atoms with Gasteiger partial charge in [-0.25, -0.2) is 12.9 Å². The smallest absolute Gasteiger partial charge is 0.297 e. The van der Waals surface area contributed by atoms with Crippen molar-refractivity contribution in [3.8, 4) is 0 Å². The molecule has 3 amide bonds. The molecule has 0 aromatic heterocycles. The van der Waals surface area contributed by atoms with Crippen molar-refractivity contribution < 1.29 is 27.8 Å². The normalized spacial score (nSPS) is 23.7. The van der Waals surface area contributed by atoms with Gasteiger partial charge in [0.15, 0.2) is 0 Å². The number of halogens is 2. The molecule has 3 unspecified atom stereocenters. The Hall–Kier alpha value is -2.63. The quantitative estimate of drug-likeness (QED) is 0.355. The molecule has 2 aliphatic heterocycles. The molecule has 4 rings (SSSR count). The van der Waals surface area contributed by atoms with Gasteiger partial charge in [0.1, 0.15) is 23.6 Å². The molecule has 38 heavy (non-hydrogen) atoms. The summed E-state index contributed by atoms with van der Waals surface area (Å²) in [6, 6.07) is 4.13. The number of carbonyl (C=O) groups excluding carboxylic acids is 4. The summed E-state index contributed by atoms with van der Waals surface area (Å²) in [4.78, 5) is 58.0. The third kappa shape index (κ3) is 5.84. The molecule has 12 heteroatoms. The van der Waals surface area contributed by atoms with Crippen LogP contribution >= 0.6 is 11.6 Å². The molecule has 2 fully saturated rings. The molecule has 0 N–H and O–H groups in total. The first-order chi connectivity index (χ1) is 18.0. The van der Waals surface area contributed by atoms with E-state index in [1.54, 1.807) is 29.4 Å². The summed E-state index contributed by atoms with van der Waals surface area (Å²) in [6.07, 6.45) is 3.44. The molecule has 0 radical (unpaired) electrons.